The zero-order chi connectivity index (χ0) is 21.5. The molecule has 0 aromatic heterocycles. The van der Waals surface area contributed by atoms with Gasteiger partial charge >= 0.3 is 5.97 Å². The van der Waals surface area contributed by atoms with Gasteiger partial charge in [0.05, 0.1) is 4.90 Å². The first kappa shape index (κ1) is 20.3. The van der Waals surface area contributed by atoms with Crippen LogP contribution in [0.1, 0.15) is 43.2 Å². The molecule has 1 aromatic rings. The molecule has 0 aliphatic heterocycles. The summed E-state index contributed by atoms with van der Waals surface area (Å²) in [4.78, 5) is 11.0. The molecule has 0 bridgehead atoms. The van der Waals surface area contributed by atoms with Gasteiger partial charge in [-0.3, -0.25) is 4.79 Å². The molecule has 0 amide bonds. The van der Waals surface area contributed by atoms with E-state index in [1.165, 1.54) is 0 Å². The van der Waals surface area contributed by atoms with Crippen LogP contribution < -0.4 is 4.72 Å². The maximum absolute atomic E-state index is 13.2. The van der Waals surface area contributed by atoms with Gasteiger partial charge in [0.1, 0.15) is 0 Å². The summed E-state index contributed by atoms with van der Waals surface area (Å²) in [5, 5.41) is 9.33. The summed E-state index contributed by atoms with van der Waals surface area (Å²) in [5.41, 5.74) is 1.70. The zero-order valence-corrected chi connectivity index (χ0v) is 18.7. The van der Waals surface area contributed by atoms with Gasteiger partial charge in [0.25, 0.3) is 0 Å². The van der Waals surface area contributed by atoms with E-state index < -0.39 is 16.0 Å². The molecule has 5 rings (SSSR count). The molecular formula is C23H26ClNO4S. The maximum Gasteiger partial charge on any atom is 0.303 e. The molecule has 4 aliphatic rings. The smallest absolute Gasteiger partial charge is 0.303 e. The summed E-state index contributed by atoms with van der Waals surface area (Å²) in [5.74, 6) is -0.436. The molecule has 3 saturated carbocycles. The van der Waals surface area contributed by atoms with Crippen molar-refractivity contribution in [3.63, 3.8) is 0 Å². The van der Waals surface area contributed by atoms with Gasteiger partial charge in [-0.2, -0.15) is 0 Å². The van der Waals surface area contributed by atoms with Crippen molar-refractivity contribution < 1.29 is 18.3 Å². The third kappa shape index (κ3) is 2.44. The van der Waals surface area contributed by atoms with E-state index in [1.807, 2.05) is 0 Å². The molecular weight excluding hydrogens is 422 g/mol. The number of carboxylic acid groups (broad SMARTS) is 1. The first-order chi connectivity index (χ1) is 14.1. The number of hydrogen-bond acceptors (Lipinski definition) is 3. The lowest BCUT2D eigenvalue weighted by Gasteiger charge is -2.55. The van der Waals surface area contributed by atoms with Crippen LogP contribution in [0.2, 0.25) is 5.02 Å². The Morgan fingerprint density at radius 1 is 1.30 bits per heavy atom. The number of benzene rings is 1. The molecule has 7 heteroatoms. The van der Waals surface area contributed by atoms with E-state index in [0.717, 1.165) is 19.3 Å². The normalized spacial score (nSPS) is 37.4. The number of sulfonamides is 1. The Bertz CT molecular complexity index is 1100. The molecule has 4 aliphatic carbocycles. The van der Waals surface area contributed by atoms with Gasteiger partial charge in [0.15, 0.2) is 0 Å². The average molecular weight is 448 g/mol. The van der Waals surface area contributed by atoms with Gasteiger partial charge in [0.2, 0.25) is 10.0 Å². The van der Waals surface area contributed by atoms with Crippen LogP contribution in [0.4, 0.5) is 0 Å². The highest BCUT2D eigenvalue weighted by Gasteiger charge is 2.97. The number of carbonyl (C=O) groups is 1. The van der Waals surface area contributed by atoms with Crippen LogP contribution in [0.15, 0.2) is 41.3 Å². The summed E-state index contributed by atoms with van der Waals surface area (Å²) < 4.78 is 29.4. The highest BCUT2D eigenvalue weighted by atomic mass is 35.5. The summed E-state index contributed by atoms with van der Waals surface area (Å²) in [7, 11) is -3.63. The van der Waals surface area contributed by atoms with Gasteiger partial charge in [0, 0.05) is 33.7 Å². The molecule has 3 fully saturated rings. The lowest BCUT2D eigenvalue weighted by molar-refractivity contribution is -0.137. The van der Waals surface area contributed by atoms with Crippen LogP contribution >= 0.6 is 11.6 Å². The highest BCUT2D eigenvalue weighted by Crippen LogP contribution is 3.00. The Hall–Kier alpha value is -1.63. The molecule has 0 heterocycles. The standard InChI is InChI=1S/C23H26ClNO4S/c1-14-10-16(24)11-15(2)20(14)30(28,29)25-18-12-23(18)17(6-4-3-5-7-19(26)27)21-8-9-22(21,23)13-21/h4,6,8-11,17-18,25H,3,5,7,12-13H2,1-2H3,(H,26,27)/b6-4-/t17-,18-,21-,22-,23+/m0/s1. The lowest BCUT2D eigenvalue weighted by atomic mass is 9.48. The topological polar surface area (TPSA) is 83.5 Å². The van der Waals surface area contributed by atoms with E-state index in [-0.39, 0.29) is 28.7 Å². The molecule has 0 saturated heterocycles. The number of aryl methyl sites for hydroxylation is 2. The van der Waals surface area contributed by atoms with Gasteiger partial charge < -0.3 is 5.11 Å². The van der Waals surface area contributed by atoms with E-state index in [0.29, 0.717) is 33.4 Å². The second-order valence-corrected chi connectivity index (χ2v) is 11.6. The molecule has 2 N–H and O–H groups in total. The van der Waals surface area contributed by atoms with Gasteiger partial charge in [-0.25, -0.2) is 13.1 Å². The first-order valence-corrected chi connectivity index (χ1v) is 12.3. The summed E-state index contributed by atoms with van der Waals surface area (Å²) >= 11 is 6.08. The van der Waals surface area contributed by atoms with Crippen LogP contribution in [0.25, 0.3) is 0 Å². The van der Waals surface area contributed by atoms with Crippen molar-refractivity contribution in [2.45, 2.75) is 56.9 Å². The van der Waals surface area contributed by atoms with Crippen molar-refractivity contribution in [2.75, 3.05) is 0 Å². The zero-order valence-electron chi connectivity index (χ0n) is 17.1. The summed E-state index contributed by atoms with van der Waals surface area (Å²) in [6.07, 6.45) is 12.4. The number of nitrogens with one attached hydrogen (secondary N) is 1. The number of rotatable bonds is 8. The van der Waals surface area contributed by atoms with Crippen LogP contribution in [-0.2, 0) is 14.8 Å². The fraction of sp³-hybridized carbons (Fsp3) is 0.522. The monoisotopic (exact) mass is 447 g/mol. The Morgan fingerprint density at radius 2 is 2.00 bits per heavy atom. The minimum atomic E-state index is -3.63. The highest BCUT2D eigenvalue weighted by molar-refractivity contribution is 7.89. The molecule has 5 nitrogen and oxygen atoms in total. The number of carboxylic acids is 1. The molecule has 160 valence electrons. The number of halogens is 1. The molecule has 0 radical (unpaired) electrons. The molecule has 0 unspecified atom stereocenters. The number of allylic oxidation sites excluding steroid dienone is 4. The molecule has 30 heavy (non-hydrogen) atoms. The van der Waals surface area contributed by atoms with Crippen LogP contribution in [0, 0.1) is 36.0 Å². The average Bonchev–Trinajstić information content (AvgIpc) is 3.38. The van der Waals surface area contributed by atoms with E-state index in [1.54, 1.807) is 26.0 Å². The molecule has 5 atom stereocenters. The van der Waals surface area contributed by atoms with E-state index in [9.17, 15) is 13.2 Å². The van der Waals surface area contributed by atoms with Crippen molar-refractivity contribution in [1.82, 2.24) is 4.72 Å². The third-order valence-corrected chi connectivity index (χ3v) is 9.96. The number of unbranched alkanes of at least 4 members (excludes halogenated alkanes) is 1. The minimum absolute atomic E-state index is 0.0215. The number of hydrogen-bond donors (Lipinski definition) is 2. The lowest BCUT2D eigenvalue weighted by Crippen LogP contribution is -2.54. The Balaban J connectivity index is 1.33. The minimum Gasteiger partial charge on any atom is -0.481 e. The van der Waals surface area contributed by atoms with Crippen molar-refractivity contribution in [3.05, 3.63) is 52.6 Å². The largest absolute Gasteiger partial charge is 0.481 e. The quantitative estimate of drug-likeness (QED) is 0.457. The van der Waals surface area contributed by atoms with Gasteiger partial charge in [-0.15, -0.1) is 0 Å². The fourth-order valence-corrected chi connectivity index (χ4v) is 8.79. The maximum atomic E-state index is 13.2. The van der Waals surface area contributed by atoms with Crippen LogP contribution in [0.3, 0.4) is 0 Å². The van der Waals surface area contributed by atoms with E-state index in [2.05, 4.69) is 29.0 Å². The van der Waals surface area contributed by atoms with E-state index >= 15 is 0 Å². The summed E-state index contributed by atoms with van der Waals surface area (Å²) in [6, 6.07) is 3.32. The third-order valence-electron chi connectivity index (χ3n) is 7.97. The van der Waals surface area contributed by atoms with Crippen LogP contribution in [-0.4, -0.2) is 25.5 Å². The predicted octanol–water partition coefficient (Wildman–Crippen LogP) is 4.38. The second kappa shape index (κ2) is 6.21. The number of aliphatic carboxylic acids is 1. The predicted molar refractivity (Wildman–Crippen MR) is 115 cm³/mol. The second-order valence-electron chi connectivity index (χ2n) is 9.50. The van der Waals surface area contributed by atoms with E-state index in [4.69, 9.17) is 16.7 Å². The van der Waals surface area contributed by atoms with Crippen molar-refractivity contribution in [1.29, 1.82) is 0 Å². The Kier molecular flexibility index (Phi) is 4.20. The fourth-order valence-electron chi connectivity index (χ4n) is 6.71. The van der Waals surface area contributed by atoms with Crippen molar-refractivity contribution >= 4 is 27.6 Å². The van der Waals surface area contributed by atoms with Crippen molar-refractivity contribution in [3.8, 4) is 0 Å². The van der Waals surface area contributed by atoms with Gasteiger partial charge in [-0.05, 0) is 68.7 Å². The Labute approximate surface area is 182 Å². The Morgan fingerprint density at radius 3 is 2.60 bits per heavy atom. The summed E-state index contributed by atoms with van der Waals surface area (Å²) in [6.45, 7) is 3.56. The first-order valence-electron chi connectivity index (χ1n) is 10.5. The van der Waals surface area contributed by atoms with Crippen molar-refractivity contribution in [2.24, 2.45) is 22.2 Å². The molecule has 1 spiro atoms. The van der Waals surface area contributed by atoms with Gasteiger partial charge in [-0.1, -0.05) is 35.9 Å². The SMILES string of the molecule is Cc1cc(Cl)cc(C)c1S(=O)(=O)N[C@H]1C[C@@]12[C@@H](/C=C\CCCC(=O)O)[C@@]13C=C[C@@]21C3. The van der Waals surface area contributed by atoms with Crippen LogP contribution in [0.5, 0.6) is 0 Å². The molecule has 1 aromatic carbocycles.